The summed E-state index contributed by atoms with van der Waals surface area (Å²) >= 11 is 0. The summed E-state index contributed by atoms with van der Waals surface area (Å²) in [6.07, 6.45) is 2.55. The largest absolute Gasteiger partial charge is 0.349 e. The number of nitrogens with zero attached hydrogens (tertiary/aromatic N) is 2. The van der Waals surface area contributed by atoms with Crippen molar-refractivity contribution in [3.8, 4) is 0 Å². The van der Waals surface area contributed by atoms with E-state index in [1.807, 2.05) is 25.6 Å². The monoisotopic (exact) mass is 340 g/mol. The summed E-state index contributed by atoms with van der Waals surface area (Å²) in [4.78, 5) is 24.5. The van der Waals surface area contributed by atoms with E-state index in [4.69, 9.17) is 0 Å². The van der Waals surface area contributed by atoms with Crippen molar-refractivity contribution in [2.45, 2.75) is 26.7 Å². The molecular formula is C19H24N4O2. The standard InChI is InChI=1S/C19H24N4O2/c1-5-12-20-19(25)16-8-6-7-9-17(16)21-18(24)11-10-15-13(2)22-23(4)14(15)3/h5-9H,1,10-12H2,2-4H3,(H,20,25)(H,21,24). The van der Waals surface area contributed by atoms with Gasteiger partial charge < -0.3 is 10.6 Å². The van der Waals surface area contributed by atoms with Crippen LogP contribution in [0, 0.1) is 13.8 Å². The highest BCUT2D eigenvalue weighted by atomic mass is 16.2. The lowest BCUT2D eigenvalue weighted by molar-refractivity contribution is -0.116. The van der Waals surface area contributed by atoms with E-state index in [-0.39, 0.29) is 11.8 Å². The number of hydrogen-bond acceptors (Lipinski definition) is 3. The number of amides is 2. The van der Waals surface area contributed by atoms with Crippen LogP contribution in [0.15, 0.2) is 36.9 Å². The van der Waals surface area contributed by atoms with Crippen molar-refractivity contribution in [1.29, 1.82) is 0 Å². The van der Waals surface area contributed by atoms with Gasteiger partial charge in [0.05, 0.1) is 16.9 Å². The maximum absolute atomic E-state index is 12.3. The number of aromatic nitrogens is 2. The summed E-state index contributed by atoms with van der Waals surface area (Å²) in [6.45, 7) is 7.89. The third-order valence-corrected chi connectivity index (χ3v) is 4.11. The lowest BCUT2D eigenvalue weighted by Crippen LogP contribution is -2.25. The Labute approximate surface area is 147 Å². The van der Waals surface area contributed by atoms with E-state index in [1.165, 1.54) is 0 Å². The Morgan fingerprint density at radius 1 is 1.28 bits per heavy atom. The molecule has 0 radical (unpaired) electrons. The molecule has 1 heterocycles. The van der Waals surface area contributed by atoms with Crippen LogP contribution in [-0.4, -0.2) is 28.1 Å². The second kappa shape index (κ2) is 8.28. The van der Waals surface area contributed by atoms with Crippen LogP contribution < -0.4 is 10.6 Å². The minimum atomic E-state index is -0.241. The fourth-order valence-electron chi connectivity index (χ4n) is 2.68. The maximum atomic E-state index is 12.3. The number of anilines is 1. The molecule has 1 aromatic heterocycles. The van der Waals surface area contributed by atoms with Gasteiger partial charge in [-0.2, -0.15) is 5.10 Å². The van der Waals surface area contributed by atoms with E-state index in [0.29, 0.717) is 30.6 Å². The first kappa shape index (κ1) is 18.4. The fraction of sp³-hybridized carbons (Fsp3) is 0.316. The Kier molecular flexibility index (Phi) is 6.11. The molecule has 132 valence electrons. The van der Waals surface area contributed by atoms with Gasteiger partial charge in [-0.25, -0.2) is 0 Å². The number of rotatable bonds is 7. The van der Waals surface area contributed by atoms with E-state index in [2.05, 4.69) is 22.3 Å². The van der Waals surface area contributed by atoms with Crippen molar-refractivity contribution < 1.29 is 9.59 Å². The number of benzene rings is 1. The second-order valence-corrected chi connectivity index (χ2v) is 5.87. The molecule has 0 spiro atoms. The van der Waals surface area contributed by atoms with E-state index < -0.39 is 0 Å². The van der Waals surface area contributed by atoms with E-state index >= 15 is 0 Å². The Morgan fingerprint density at radius 2 is 2.00 bits per heavy atom. The van der Waals surface area contributed by atoms with Gasteiger partial charge in [-0.05, 0) is 38.0 Å². The minimum absolute atomic E-state index is 0.133. The molecule has 0 aliphatic carbocycles. The highest BCUT2D eigenvalue weighted by molar-refractivity contribution is 6.03. The van der Waals surface area contributed by atoms with Crippen molar-refractivity contribution >= 4 is 17.5 Å². The first-order valence-corrected chi connectivity index (χ1v) is 8.21. The molecule has 0 aliphatic heterocycles. The fourth-order valence-corrected chi connectivity index (χ4v) is 2.68. The molecule has 2 rings (SSSR count). The van der Waals surface area contributed by atoms with Crippen LogP contribution >= 0.6 is 0 Å². The molecular weight excluding hydrogens is 316 g/mol. The minimum Gasteiger partial charge on any atom is -0.349 e. The zero-order chi connectivity index (χ0) is 18.4. The summed E-state index contributed by atoms with van der Waals surface area (Å²) in [5, 5.41) is 9.91. The highest BCUT2D eigenvalue weighted by Crippen LogP contribution is 2.17. The molecule has 2 aromatic rings. The SMILES string of the molecule is C=CCNC(=O)c1ccccc1NC(=O)CCc1c(C)nn(C)c1C. The number of nitrogens with one attached hydrogen (secondary N) is 2. The van der Waals surface area contributed by atoms with Gasteiger partial charge in [-0.1, -0.05) is 18.2 Å². The van der Waals surface area contributed by atoms with Crippen LogP contribution in [0.3, 0.4) is 0 Å². The van der Waals surface area contributed by atoms with Gasteiger partial charge >= 0.3 is 0 Å². The molecule has 0 saturated carbocycles. The second-order valence-electron chi connectivity index (χ2n) is 5.87. The Morgan fingerprint density at radius 3 is 2.64 bits per heavy atom. The molecule has 0 aliphatic rings. The molecule has 0 saturated heterocycles. The van der Waals surface area contributed by atoms with Crippen molar-refractivity contribution in [3.63, 3.8) is 0 Å². The topological polar surface area (TPSA) is 76.0 Å². The molecule has 6 nitrogen and oxygen atoms in total. The van der Waals surface area contributed by atoms with Crippen LogP contribution in [0.2, 0.25) is 0 Å². The lowest BCUT2D eigenvalue weighted by atomic mass is 10.1. The van der Waals surface area contributed by atoms with Gasteiger partial charge in [0.1, 0.15) is 0 Å². The molecule has 0 unspecified atom stereocenters. The normalized spacial score (nSPS) is 10.4. The molecule has 1 aromatic carbocycles. The number of aryl methyl sites for hydroxylation is 2. The van der Waals surface area contributed by atoms with E-state index in [9.17, 15) is 9.59 Å². The average molecular weight is 340 g/mol. The molecule has 0 bridgehead atoms. The van der Waals surface area contributed by atoms with Crippen molar-refractivity contribution in [1.82, 2.24) is 15.1 Å². The van der Waals surface area contributed by atoms with Crippen molar-refractivity contribution in [2.75, 3.05) is 11.9 Å². The summed E-state index contributed by atoms with van der Waals surface area (Å²) < 4.78 is 1.82. The summed E-state index contributed by atoms with van der Waals surface area (Å²) in [5.74, 6) is -0.374. The quantitative estimate of drug-likeness (QED) is 0.761. The van der Waals surface area contributed by atoms with Crippen LogP contribution in [0.5, 0.6) is 0 Å². The summed E-state index contributed by atoms with van der Waals surface area (Å²) in [6, 6.07) is 6.96. The Bertz CT molecular complexity index is 793. The first-order valence-electron chi connectivity index (χ1n) is 8.21. The Balaban J connectivity index is 2.03. The van der Waals surface area contributed by atoms with Crippen molar-refractivity contribution in [2.24, 2.45) is 7.05 Å². The van der Waals surface area contributed by atoms with Crippen molar-refractivity contribution in [3.05, 3.63) is 59.4 Å². The van der Waals surface area contributed by atoms with Crippen LogP contribution in [0.4, 0.5) is 5.69 Å². The number of carbonyl (C=O) groups excluding carboxylic acids is 2. The predicted octanol–water partition coefficient (Wildman–Crippen LogP) is 2.52. The van der Waals surface area contributed by atoms with Gasteiger partial charge in [-0.3, -0.25) is 14.3 Å². The van der Waals surface area contributed by atoms with Crippen LogP contribution in [0.25, 0.3) is 0 Å². The lowest BCUT2D eigenvalue weighted by Gasteiger charge is -2.11. The van der Waals surface area contributed by atoms with Crippen LogP contribution in [0.1, 0.15) is 33.7 Å². The third-order valence-electron chi connectivity index (χ3n) is 4.11. The molecule has 2 amide bonds. The third kappa shape index (κ3) is 4.56. The van der Waals surface area contributed by atoms with E-state index in [0.717, 1.165) is 17.0 Å². The molecule has 0 fully saturated rings. The van der Waals surface area contributed by atoms with E-state index in [1.54, 1.807) is 30.3 Å². The Hall–Kier alpha value is -2.89. The van der Waals surface area contributed by atoms with Gasteiger partial charge in [-0.15, -0.1) is 6.58 Å². The highest BCUT2D eigenvalue weighted by Gasteiger charge is 2.14. The number of para-hydroxylation sites is 1. The van der Waals surface area contributed by atoms with Gasteiger partial charge in [0, 0.05) is 25.7 Å². The number of carbonyl (C=O) groups is 2. The predicted molar refractivity (Wildman–Crippen MR) is 98.6 cm³/mol. The zero-order valence-electron chi connectivity index (χ0n) is 14.9. The van der Waals surface area contributed by atoms with Gasteiger partial charge in [0.25, 0.3) is 5.91 Å². The van der Waals surface area contributed by atoms with Crippen LogP contribution in [-0.2, 0) is 18.3 Å². The molecule has 0 atom stereocenters. The summed E-state index contributed by atoms with van der Waals surface area (Å²) in [5.41, 5.74) is 4.04. The zero-order valence-corrected chi connectivity index (χ0v) is 14.9. The molecule has 6 heteroatoms. The van der Waals surface area contributed by atoms with Gasteiger partial charge in [0.15, 0.2) is 0 Å². The maximum Gasteiger partial charge on any atom is 0.253 e. The first-order chi connectivity index (χ1) is 11.9. The average Bonchev–Trinajstić information content (AvgIpc) is 2.83. The van der Waals surface area contributed by atoms with Gasteiger partial charge in [0.2, 0.25) is 5.91 Å². The summed E-state index contributed by atoms with van der Waals surface area (Å²) in [7, 11) is 1.89. The number of hydrogen-bond donors (Lipinski definition) is 2. The smallest absolute Gasteiger partial charge is 0.253 e. The molecule has 25 heavy (non-hydrogen) atoms. The molecule has 2 N–H and O–H groups in total.